The molecule has 1 aromatic rings. The Morgan fingerprint density at radius 1 is 1.50 bits per heavy atom. The van der Waals surface area contributed by atoms with Crippen LogP contribution in [0.4, 0.5) is 5.69 Å². The summed E-state index contributed by atoms with van der Waals surface area (Å²) in [5.74, 6) is 0.729. The Balaban J connectivity index is 1.95. The van der Waals surface area contributed by atoms with Gasteiger partial charge >= 0.3 is 0 Å². The first-order valence-corrected chi connectivity index (χ1v) is 7.66. The Morgan fingerprint density at radius 2 is 2.28 bits per heavy atom. The molecule has 1 N–H and O–H groups in total. The minimum atomic E-state index is 0.565. The quantitative estimate of drug-likeness (QED) is 0.899. The molecule has 18 heavy (non-hydrogen) atoms. The van der Waals surface area contributed by atoms with E-state index in [9.17, 15) is 0 Å². The van der Waals surface area contributed by atoms with Crippen LogP contribution in [0.5, 0.6) is 0 Å². The molecule has 0 aliphatic carbocycles. The highest BCUT2D eigenvalue weighted by atomic mass is 79.9. The number of hydrogen-bond acceptors (Lipinski definition) is 2. The second-order valence-electron chi connectivity index (χ2n) is 5.26. The Labute approximate surface area is 123 Å². The van der Waals surface area contributed by atoms with Crippen molar-refractivity contribution in [1.29, 1.82) is 0 Å². The van der Waals surface area contributed by atoms with Crippen molar-refractivity contribution >= 4 is 33.2 Å². The van der Waals surface area contributed by atoms with Crippen molar-refractivity contribution in [2.75, 3.05) is 24.5 Å². The van der Waals surface area contributed by atoms with Gasteiger partial charge in [-0.2, -0.15) is 0 Å². The second kappa shape index (κ2) is 6.27. The van der Waals surface area contributed by atoms with Crippen molar-refractivity contribution in [1.82, 2.24) is 5.32 Å². The number of nitrogens with one attached hydrogen (secondary N) is 1. The van der Waals surface area contributed by atoms with Crippen LogP contribution in [-0.2, 0) is 0 Å². The van der Waals surface area contributed by atoms with Crippen LogP contribution in [0, 0.1) is 5.92 Å². The third-order valence-corrected chi connectivity index (χ3v) is 4.15. The van der Waals surface area contributed by atoms with Crippen LogP contribution < -0.4 is 10.2 Å². The molecule has 1 aliphatic rings. The van der Waals surface area contributed by atoms with Gasteiger partial charge in [0.15, 0.2) is 0 Å². The summed E-state index contributed by atoms with van der Waals surface area (Å²) in [7, 11) is 0. The minimum absolute atomic E-state index is 0.565. The lowest BCUT2D eigenvalue weighted by Gasteiger charge is -2.20. The van der Waals surface area contributed by atoms with Crippen LogP contribution in [0.1, 0.15) is 20.3 Å². The molecule has 4 heteroatoms. The number of anilines is 1. The van der Waals surface area contributed by atoms with Gasteiger partial charge in [0.25, 0.3) is 0 Å². The maximum atomic E-state index is 6.30. The van der Waals surface area contributed by atoms with E-state index in [-0.39, 0.29) is 0 Å². The number of hydrogen-bond donors (Lipinski definition) is 1. The van der Waals surface area contributed by atoms with Crippen LogP contribution >= 0.6 is 27.5 Å². The SMILES string of the molecule is CC(C)NCC1CCN(c2ccc(Br)cc2Cl)C1. The van der Waals surface area contributed by atoms with Crippen molar-refractivity contribution in [3.8, 4) is 0 Å². The van der Waals surface area contributed by atoms with E-state index in [4.69, 9.17) is 11.6 Å². The summed E-state index contributed by atoms with van der Waals surface area (Å²) in [6.45, 7) is 7.69. The van der Waals surface area contributed by atoms with Crippen LogP contribution in [-0.4, -0.2) is 25.7 Å². The van der Waals surface area contributed by atoms with E-state index in [1.54, 1.807) is 0 Å². The molecule has 1 unspecified atom stereocenters. The molecule has 0 bridgehead atoms. The summed E-state index contributed by atoms with van der Waals surface area (Å²) in [5.41, 5.74) is 1.16. The van der Waals surface area contributed by atoms with Gasteiger partial charge in [0.05, 0.1) is 10.7 Å². The van der Waals surface area contributed by atoms with E-state index >= 15 is 0 Å². The topological polar surface area (TPSA) is 15.3 Å². The molecule has 1 heterocycles. The Morgan fingerprint density at radius 3 is 2.94 bits per heavy atom. The molecular formula is C14H20BrClN2. The first kappa shape index (κ1) is 14.2. The van der Waals surface area contributed by atoms with E-state index in [0.717, 1.165) is 40.7 Å². The van der Waals surface area contributed by atoms with E-state index < -0.39 is 0 Å². The molecule has 2 nitrogen and oxygen atoms in total. The fourth-order valence-electron chi connectivity index (χ4n) is 2.36. The molecular weight excluding hydrogens is 312 g/mol. The van der Waals surface area contributed by atoms with Gasteiger partial charge in [0.1, 0.15) is 0 Å². The highest BCUT2D eigenvalue weighted by molar-refractivity contribution is 9.10. The standard InChI is InChI=1S/C14H20BrClN2/c1-10(2)17-8-11-5-6-18(9-11)14-4-3-12(15)7-13(14)16/h3-4,7,10-11,17H,5-6,8-9H2,1-2H3. The summed E-state index contributed by atoms with van der Waals surface area (Å²) in [6, 6.07) is 6.69. The zero-order valence-corrected chi connectivity index (χ0v) is 13.3. The normalized spacial score (nSPS) is 19.8. The fourth-order valence-corrected chi connectivity index (χ4v) is 3.15. The summed E-state index contributed by atoms with van der Waals surface area (Å²) in [4.78, 5) is 2.39. The molecule has 1 atom stereocenters. The number of nitrogens with zero attached hydrogens (tertiary/aromatic N) is 1. The van der Waals surface area contributed by atoms with E-state index in [0.29, 0.717) is 6.04 Å². The van der Waals surface area contributed by atoms with E-state index in [1.807, 2.05) is 6.07 Å². The van der Waals surface area contributed by atoms with Gasteiger partial charge in [-0.3, -0.25) is 0 Å². The van der Waals surface area contributed by atoms with Crippen LogP contribution in [0.25, 0.3) is 0 Å². The van der Waals surface area contributed by atoms with Gasteiger partial charge in [0.2, 0.25) is 0 Å². The van der Waals surface area contributed by atoms with Crippen molar-refractivity contribution in [2.45, 2.75) is 26.3 Å². The van der Waals surface area contributed by atoms with E-state index in [2.05, 4.69) is 52.1 Å². The third-order valence-electron chi connectivity index (χ3n) is 3.35. The Bertz CT molecular complexity index is 409. The lowest BCUT2D eigenvalue weighted by Crippen LogP contribution is -2.30. The summed E-state index contributed by atoms with van der Waals surface area (Å²) >= 11 is 9.74. The van der Waals surface area contributed by atoms with Crippen molar-refractivity contribution < 1.29 is 0 Å². The molecule has 1 aliphatic heterocycles. The van der Waals surface area contributed by atoms with Crippen molar-refractivity contribution in [3.63, 3.8) is 0 Å². The molecule has 100 valence electrons. The van der Waals surface area contributed by atoms with Crippen LogP contribution in [0.3, 0.4) is 0 Å². The number of halogens is 2. The van der Waals surface area contributed by atoms with Crippen molar-refractivity contribution in [2.24, 2.45) is 5.92 Å². The molecule has 1 aromatic carbocycles. The van der Waals surface area contributed by atoms with Gasteiger partial charge in [0, 0.05) is 23.6 Å². The fraction of sp³-hybridized carbons (Fsp3) is 0.571. The Hall–Kier alpha value is -0.250. The van der Waals surface area contributed by atoms with Crippen LogP contribution in [0.2, 0.25) is 5.02 Å². The first-order chi connectivity index (χ1) is 8.56. The molecule has 0 saturated carbocycles. The smallest absolute Gasteiger partial charge is 0.0650 e. The highest BCUT2D eigenvalue weighted by Gasteiger charge is 2.23. The third kappa shape index (κ3) is 3.62. The monoisotopic (exact) mass is 330 g/mol. The van der Waals surface area contributed by atoms with Gasteiger partial charge in [-0.25, -0.2) is 0 Å². The molecule has 0 spiro atoms. The molecule has 1 saturated heterocycles. The Kier molecular flexibility index (Phi) is 4.93. The molecule has 0 aromatic heterocycles. The van der Waals surface area contributed by atoms with Crippen LogP contribution in [0.15, 0.2) is 22.7 Å². The lowest BCUT2D eigenvalue weighted by molar-refractivity contribution is 0.480. The number of rotatable bonds is 4. The maximum absolute atomic E-state index is 6.30. The zero-order valence-electron chi connectivity index (χ0n) is 10.9. The average molecular weight is 332 g/mol. The first-order valence-electron chi connectivity index (χ1n) is 6.49. The summed E-state index contributed by atoms with van der Waals surface area (Å²) < 4.78 is 1.04. The second-order valence-corrected chi connectivity index (χ2v) is 6.58. The molecule has 2 rings (SSSR count). The summed E-state index contributed by atoms with van der Waals surface area (Å²) in [5, 5.41) is 4.35. The van der Waals surface area contributed by atoms with Crippen molar-refractivity contribution in [3.05, 3.63) is 27.7 Å². The zero-order chi connectivity index (χ0) is 13.1. The molecule has 0 amide bonds. The largest absolute Gasteiger partial charge is 0.370 e. The van der Waals surface area contributed by atoms with Gasteiger partial charge < -0.3 is 10.2 Å². The highest BCUT2D eigenvalue weighted by Crippen LogP contribution is 2.32. The molecule has 0 radical (unpaired) electrons. The molecule has 1 fully saturated rings. The summed E-state index contributed by atoms with van der Waals surface area (Å²) in [6.07, 6.45) is 1.24. The average Bonchev–Trinajstić information content (AvgIpc) is 2.75. The maximum Gasteiger partial charge on any atom is 0.0650 e. The van der Waals surface area contributed by atoms with E-state index in [1.165, 1.54) is 6.42 Å². The van der Waals surface area contributed by atoms with Gasteiger partial charge in [-0.05, 0) is 37.1 Å². The van der Waals surface area contributed by atoms with Gasteiger partial charge in [-0.15, -0.1) is 0 Å². The lowest BCUT2D eigenvalue weighted by atomic mass is 10.1. The predicted octanol–water partition coefficient (Wildman–Crippen LogP) is 3.93. The minimum Gasteiger partial charge on any atom is -0.370 e. The predicted molar refractivity (Wildman–Crippen MR) is 82.6 cm³/mol. The number of benzene rings is 1. The van der Waals surface area contributed by atoms with Gasteiger partial charge in [-0.1, -0.05) is 41.4 Å².